The van der Waals surface area contributed by atoms with Crippen molar-refractivity contribution < 1.29 is 14.3 Å². The smallest absolute Gasteiger partial charge is 0.305 e. The largest absolute Gasteiger partial charge is 0.469 e. The topological polar surface area (TPSA) is 55.4 Å². The number of esters is 1. The molecule has 1 atom stereocenters. The molecule has 138 valence electrons. The summed E-state index contributed by atoms with van der Waals surface area (Å²) >= 11 is 6.40. The molecule has 5 heteroatoms. The van der Waals surface area contributed by atoms with Gasteiger partial charge in [0, 0.05) is 17.9 Å². The van der Waals surface area contributed by atoms with E-state index < -0.39 is 5.54 Å². The molecule has 0 heterocycles. The number of ketones is 1. The quantitative estimate of drug-likeness (QED) is 0.520. The van der Waals surface area contributed by atoms with Crippen molar-refractivity contribution >= 4 is 23.4 Å². The summed E-state index contributed by atoms with van der Waals surface area (Å²) in [5.41, 5.74) is 0.273. The third kappa shape index (κ3) is 5.29. The van der Waals surface area contributed by atoms with Crippen LogP contribution in [0.2, 0.25) is 5.02 Å². The average molecular weight is 366 g/mol. The zero-order valence-electron chi connectivity index (χ0n) is 15.0. The first-order valence-electron chi connectivity index (χ1n) is 9.20. The van der Waals surface area contributed by atoms with E-state index in [-0.39, 0.29) is 11.8 Å². The zero-order chi connectivity index (χ0) is 18.1. The van der Waals surface area contributed by atoms with Gasteiger partial charge in [0.15, 0.2) is 5.78 Å². The van der Waals surface area contributed by atoms with E-state index in [1.807, 2.05) is 24.3 Å². The van der Waals surface area contributed by atoms with Crippen LogP contribution in [0.4, 0.5) is 0 Å². The van der Waals surface area contributed by atoms with Crippen LogP contribution in [0.25, 0.3) is 0 Å². The number of benzene rings is 1. The highest BCUT2D eigenvalue weighted by Crippen LogP contribution is 2.38. The van der Waals surface area contributed by atoms with E-state index in [1.165, 1.54) is 7.11 Å². The van der Waals surface area contributed by atoms with Crippen molar-refractivity contribution in [1.82, 2.24) is 5.32 Å². The minimum Gasteiger partial charge on any atom is -0.469 e. The SMILES string of the molecule is COC(=O)CCCCCCNC1(c2ccccc2Cl)CCCCC1=O. The maximum atomic E-state index is 12.8. The van der Waals surface area contributed by atoms with Gasteiger partial charge in [-0.3, -0.25) is 9.59 Å². The van der Waals surface area contributed by atoms with Crippen molar-refractivity contribution in [3.63, 3.8) is 0 Å². The van der Waals surface area contributed by atoms with Gasteiger partial charge in [-0.05, 0) is 43.9 Å². The lowest BCUT2D eigenvalue weighted by molar-refractivity contribution is -0.140. The molecular formula is C20H28ClNO3. The third-order valence-corrected chi connectivity index (χ3v) is 5.31. The molecule has 1 aliphatic rings. The summed E-state index contributed by atoms with van der Waals surface area (Å²) in [7, 11) is 1.42. The zero-order valence-corrected chi connectivity index (χ0v) is 15.7. The average Bonchev–Trinajstić information content (AvgIpc) is 2.62. The number of ether oxygens (including phenoxy) is 1. The third-order valence-electron chi connectivity index (χ3n) is 4.98. The number of Topliss-reactive ketones (excluding diaryl/α,β-unsaturated/α-hetero) is 1. The van der Waals surface area contributed by atoms with Gasteiger partial charge in [-0.25, -0.2) is 0 Å². The van der Waals surface area contributed by atoms with E-state index in [4.69, 9.17) is 11.6 Å². The first kappa shape index (κ1) is 19.9. The van der Waals surface area contributed by atoms with E-state index in [1.54, 1.807) is 0 Å². The number of unbranched alkanes of at least 4 members (excludes halogenated alkanes) is 3. The highest BCUT2D eigenvalue weighted by atomic mass is 35.5. The summed E-state index contributed by atoms with van der Waals surface area (Å²) in [6, 6.07) is 7.66. The molecule has 1 saturated carbocycles. The summed E-state index contributed by atoms with van der Waals surface area (Å²) in [5, 5.41) is 4.18. The molecule has 0 radical (unpaired) electrons. The molecule has 4 nitrogen and oxygen atoms in total. The van der Waals surface area contributed by atoms with Gasteiger partial charge >= 0.3 is 5.97 Å². The summed E-state index contributed by atoms with van der Waals surface area (Å²) in [6.45, 7) is 0.773. The van der Waals surface area contributed by atoms with Gasteiger partial charge in [-0.15, -0.1) is 0 Å². The monoisotopic (exact) mass is 365 g/mol. The standard InChI is InChI=1S/C20H28ClNO3/c1-25-19(24)13-4-2-3-9-15-22-20(14-8-7-12-18(20)23)16-10-5-6-11-17(16)21/h5-6,10-11,22H,2-4,7-9,12-15H2,1H3. The molecule has 1 N–H and O–H groups in total. The molecule has 0 bridgehead atoms. The van der Waals surface area contributed by atoms with Crippen molar-refractivity contribution in [3.05, 3.63) is 34.9 Å². The van der Waals surface area contributed by atoms with Crippen molar-refractivity contribution in [2.45, 2.75) is 63.3 Å². The van der Waals surface area contributed by atoms with Crippen LogP contribution in [0.3, 0.4) is 0 Å². The number of carbonyl (C=O) groups excluding carboxylic acids is 2. The van der Waals surface area contributed by atoms with Gasteiger partial charge in [0.1, 0.15) is 5.54 Å². The highest BCUT2D eigenvalue weighted by Gasteiger charge is 2.41. The van der Waals surface area contributed by atoms with Crippen LogP contribution in [0.5, 0.6) is 0 Å². The van der Waals surface area contributed by atoms with E-state index >= 15 is 0 Å². The molecule has 0 aliphatic heterocycles. The van der Waals surface area contributed by atoms with Crippen LogP contribution >= 0.6 is 11.6 Å². The van der Waals surface area contributed by atoms with Gasteiger partial charge < -0.3 is 10.1 Å². The maximum absolute atomic E-state index is 12.8. The van der Waals surface area contributed by atoms with Gasteiger partial charge in [0.2, 0.25) is 0 Å². The Hall–Kier alpha value is -1.39. The molecule has 1 aromatic rings. The van der Waals surface area contributed by atoms with Gasteiger partial charge in [0.25, 0.3) is 0 Å². The predicted octanol–water partition coefficient (Wildman–Crippen LogP) is 4.39. The van der Waals surface area contributed by atoms with Crippen LogP contribution in [0.15, 0.2) is 24.3 Å². The Labute approximate surface area is 155 Å². The molecule has 0 saturated heterocycles. The molecule has 1 unspecified atom stereocenters. The normalized spacial score (nSPS) is 20.5. The lowest BCUT2D eigenvalue weighted by Gasteiger charge is -2.38. The summed E-state index contributed by atoms with van der Waals surface area (Å²) < 4.78 is 4.64. The Balaban J connectivity index is 1.89. The van der Waals surface area contributed by atoms with Crippen LogP contribution in [-0.4, -0.2) is 25.4 Å². The van der Waals surface area contributed by atoms with Gasteiger partial charge in [0.05, 0.1) is 7.11 Å². The van der Waals surface area contributed by atoms with E-state index in [0.717, 1.165) is 57.1 Å². The fourth-order valence-electron chi connectivity index (χ4n) is 3.55. The first-order valence-corrected chi connectivity index (χ1v) is 9.58. The Morgan fingerprint density at radius 3 is 2.68 bits per heavy atom. The maximum Gasteiger partial charge on any atom is 0.305 e. The van der Waals surface area contributed by atoms with Crippen LogP contribution < -0.4 is 5.32 Å². The van der Waals surface area contributed by atoms with Crippen molar-refractivity contribution in [3.8, 4) is 0 Å². The summed E-state index contributed by atoms with van der Waals surface area (Å²) in [6.07, 6.45) is 7.72. The molecule has 1 aliphatic carbocycles. The molecule has 1 aromatic carbocycles. The summed E-state index contributed by atoms with van der Waals surface area (Å²) in [5.74, 6) is 0.0983. The van der Waals surface area contributed by atoms with E-state index in [2.05, 4.69) is 10.1 Å². The molecule has 0 amide bonds. The van der Waals surface area contributed by atoms with E-state index in [0.29, 0.717) is 17.9 Å². The molecular weight excluding hydrogens is 338 g/mol. The van der Waals surface area contributed by atoms with Crippen LogP contribution in [0.1, 0.15) is 63.4 Å². The van der Waals surface area contributed by atoms with Gasteiger partial charge in [-0.2, -0.15) is 0 Å². The fourth-order valence-corrected chi connectivity index (χ4v) is 3.85. The second-order valence-corrected chi connectivity index (χ2v) is 7.09. The molecule has 2 rings (SSSR count). The van der Waals surface area contributed by atoms with Crippen molar-refractivity contribution in [2.24, 2.45) is 0 Å². The predicted molar refractivity (Wildman–Crippen MR) is 99.7 cm³/mol. The first-order chi connectivity index (χ1) is 12.1. The molecule has 0 aromatic heterocycles. The molecule has 0 spiro atoms. The molecule has 1 fully saturated rings. The number of hydrogen-bond acceptors (Lipinski definition) is 4. The summed E-state index contributed by atoms with van der Waals surface area (Å²) in [4.78, 5) is 23.9. The molecule has 25 heavy (non-hydrogen) atoms. The number of nitrogens with one attached hydrogen (secondary N) is 1. The number of methoxy groups -OCH3 is 1. The minimum absolute atomic E-state index is 0.149. The Kier molecular flexibility index (Phi) is 7.91. The van der Waals surface area contributed by atoms with Crippen molar-refractivity contribution in [1.29, 1.82) is 0 Å². The Morgan fingerprint density at radius 2 is 1.96 bits per heavy atom. The lowest BCUT2D eigenvalue weighted by Crippen LogP contribution is -2.51. The number of carbonyl (C=O) groups is 2. The van der Waals surface area contributed by atoms with Crippen molar-refractivity contribution in [2.75, 3.05) is 13.7 Å². The number of hydrogen-bond donors (Lipinski definition) is 1. The number of rotatable bonds is 9. The van der Waals surface area contributed by atoms with Crippen LogP contribution in [0, 0.1) is 0 Å². The second kappa shape index (κ2) is 9.93. The fraction of sp³-hybridized carbons (Fsp3) is 0.600. The highest BCUT2D eigenvalue weighted by molar-refractivity contribution is 6.31. The minimum atomic E-state index is -0.636. The Morgan fingerprint density at radius 1 is 1.20 bits per heavy atom. The number of halogens is 1. The Bertz CT molecular complexity index is 590. The lowest BCUT2D eigenvalue weighted by atomic mass is 9.75. The van der Waals surface area contributed by atoms with E-state index in [9.17, 15) is 9.59 Å². The second-order valence-electron chi connectivity index (χ2n) is 6.68. The van der Waals surface area contributed by atoms with Gasteiger partial charge in [-0.1, -0.05) is 49.1 Å². The van der Waals surface area contributed by atoms with Crippen LogP contribution in [-0.2, 0) is 19.9 Å².